The topological polar surface area (TPSA) is 133 Å². The molecule has 20 heavy (non-hydrogen) atoms. The fourth-order valence-electron chi connectivity index (χ4n) is 1.07. The van der Waals surface area contributed by atoms with Gasteiger partial charge in [-0.05, 0) is 0 Å². The average molecular weight is 324 g/mol. The highest BCUT2D eigenvalue weighted by atomic mass is 33.1. The normalized spacial score (nSPS) is 13.1. The molecule has 0 bridgehead atoms. The van der Waals surface area contributed by atoms with Crippen LogP contribution >= 0.6 is 21.6 Å². The highest BCUT2D eigenvalue weighted by Crippen LogP contribution is 2.23. The van der Waals surface area contributed by atoms with Crippen molar-refractivity contribution in [3.05, 3.63) is 0 Å². The molecule has 0 fully saturated rings. The van der Waals surface area contributed by atoms with E-state index in [0.29, 0.717) is 0 Å². The Morgan fingerprint density at radius 2 is 1.15 bits per heavy atom. The van der Waals surface area contributed by atoms with E-state index in [1.165, 1.54) is 13.8 Å². The maximum absolute atomic E-state index is 10.8. The van der Waals surface area contributed by atoms with E-state index in [9.17, 15) is 19.2 Å². The summed E-state index contributed by atoms with van der Waals surface area (Å²) in [6.07, 6.45) is 0. The number of hydrogen-bond acceptors (Lipinski definition) is 6. The van der Waals surface area contributed by atoms with Gasteiger partial charge in [0, 0.05) is 25.4 Å². The Morgan fingerprint density at radius 1 is 0.850 bits per heavy atom. The maximum Gasteiger partial charge on any atom is 0.327 e. The van der Waals surface area contributed by atoms with Crippen molar-refractivity contribution in [3.8, 4) is 0 Å². The third-order valence-electron chi connectivity index (χ3n) is 1.90. The van der Waals surface area contributed by atoms with Gasteiger partial charge in [0.2, 0.25) is 11.8 Å². The average Bonchev–Trinajstić information content (AvgIpc) is 2.29. The molecule has 4 N–H and O–H groups in total. The molecule has 0 rings (SSSR count). The molecule has 114 valence electrons. The van der Waals surface area contributed by atoms with Crippen LogP contribution < -0.4 is 10.6 Å². The lowest BCUT2D eigenvalue weighted by molar-refractivity contribution is -0.141. The summed E-state index contributed by atoms with van der Waals surface area (Å²) in [7, 11) is 2.22. The van der Waals surface area contributed by atoms with Gasteiger partial charge in [-0.2, -0.15) is 0 Å². The molecule has 0 aromatic heterocycles. The molecule has 0 radical (unpaired) electrons. The van der Waals surface area contributed by atoms with Crippen molar-refractivity contribution in [3.63, 3.8) is 0 Å². The summed E-state index contributed by atoms with van der Waals surface area (Å²) in [6, 6.07) is -2.07. The maximum atomic E-state index is 10.8. The van der Waals surface area contributed by atoms with E-state index in [-0.39, 0.29) is 11.5 Å². The standard InChI is InChI=1S/C10H16N2O6S2/c1-5(13)11-7(9(15)16)3-19-20-4-8(10(17)18)12-6(2)14/h7-8H,3-4H2,1-2H3,(H,11,13)(H,12,14)(H,15,16)(H,17,18)/t7-,8-/m0/s1. The first-order chi connectivity index (χ1) is 9.23. The van der Waals surface area contributed by atoms with E-state index in [0.717, 1.165) is 21.6 Å². The van der Waals surface area contributed by atoms with Crippen LogP contribution in [0.25, 0.3) is 0 Å². The molecule has 0 saturated carbocycles. The third-order valence-corrected chi connectivity index (χ3v) is 4.33. The second-order valence-corrected chi connectivity index (χ2v) is 6.30. The van der Waals surface area contributed by atoms with Gasteiger partial charge in [-0.1, -0.05) is 21.6 Å². The fraction of sp³-hybridized carbons (Fsp3) is 0.600. The fourth-order valence-corrected chi connectivity index (χ4v) is 3.38. The smallest absolute Gasteiger partial charge is 0.327 e. The SMILES string of the molecule is CC(=O)N[C@@H](CSSC[C@H](NC(C)=O)C(=O)O)C(=O)O. The number of carboxylic acid groups (broad SMARTS) is 2. The van der Waals surface area contributed by atoms with Gasteiger partial charge in [-0.15, -0.1) is 0 Å². The molecule has 0 aromatic carbocycles. The minimum absolute atomic E-state index is 0.0893. The number of carbonyl (C=O) groups excluding carboxylic acids is 2. The van der Waals surface area contributed by atoms with Crippen LogP contribution in [0.1, 0.15) is 13.8 Å². The lowest BCUT2D eigenvalue weighted by Crippen LogP contribution is -2.42. The van der Waals surface area contributed by atoms with Crippen LogP contribution in [0.5, 0.6) is 0 Å². The summed E-state index contributed by atoms with van der Waals surface area (Å²) in [5.41, 5.74) is 0. The molecular formula is C10H16N2O6S2. The number of carboxylic acids is 2. The van der Waals surface area contributed by atoms with Crippen LogP contribution in [-0.2, 0) is 19.2 Å². The van der Waals surface area contributed by atoms with Gasteiger partial charge in [-0.3, -0.25) is 9.59 Å². The van der Waals surface area contributed by atoms with E-state index >= 15 is 0 Å². The van der Waals surface area contributed by atoms with Gasteiger partial charge < -0.3 is 20.8 Å². The van der Waals surface area contributed by atoms with Crippen LogP contribution in [-0.4, -0.2) is 57.6 Å². The first-order valence-electron chi connectivity index (χ1n) is 5.48. The Morgan fingerprint density at radius 3 is 1.35 bits per heavy atom. The van der Waals surface area contributed by atoms with Crippen molar-refractivity contribution >= 4 is 45.3 Å². The summed E-state index contributed by atoms with van der Waals surface area (Å²) in [4.78, 5) is 43.2. The van der Waals surface area contributed by atoms with E-state index in [4.69, 9.17) is 10.2 Å². The van der Waals surface area contributed by atoms with Crippen molar-refractivity contribution in [1.29, 1.82) is 0 Å². The Hall–Kier alpha value is -1.42. The second-order valence-electron chi connectivity index (χ2n) is 3.75. The molecule has 0 unspecified atom stereocenters. The molecule has 0 heterocycles. The minimum atomic E-state index is -1.16. The van der Waals surface area contributed by atoms with Crippen LogP contribution in [0.3, 0.4) is 0 Å². The van der Waals surface area contributed by atoms with Gasteiger partial charge in [-0.25, -0.2) is 9.59 Å². The summed E-state index contributed by atoms with van der Waals surface area (Å²) < 4.78 is 0. The minimum Gasteiger partial charge on any atom is -0.480 e. The molecular weight excluding hydrogens is 308 g/mol. The number of carbonyl (C=O) groups is 4. The van der Waals surface area contributed by atoms with Crippen molar-refractivity contribution in [1.82, 2.24) is 10.6 Å². The largest absolute Gasteiger partial charge is 0.480 e. The van der Waals surface area contributed by atoms with Crippen molar-refractivity contribution in [2.45, 2.75) is 25.9 Å². The molecule has 0 aromatic rings. The predicted octanol–water partition coefficient (Wildman–Crippen LogP) is -0.454. The molecule has 2 atom stereocenters. The lowest BCUT2D eigenvalue weighted by atomic mass is 10.3. The second kappa shape index (κ2) is 9.48. The number of aliphatic carboxylic acids is 2. The first kappa shape index (κ1) is 18.6. The van der Waals surface area contributed by atoms with Crippen molar-refractivity contribution in [2.75, 3.05) is 11.5 Å². The van der Waals surface area contributed by atoms with Crippen LogP contribution in [0.15, 0.2) is 0 Å². The third kappa shape index (κ3) is 8.64. The highest BCUT2D eigenvalue weighted by molar-refractivity contribution is 8.76. The molecule has 0 aliphatic rings. The Labute approximate surface area is 123 Å². The van der Waals surface area contributed by atoms with E-state index < -0.39 is 35.8 Å². The van der Waals surface area contributed by atoms with E-state index in [2.05, 4.69) is 10.6 Å². The molecule has 0 spiro atoms. The zero-order chi connectivity index (χ0) is 15.7. The number of amides is 2. The lowest BCUT2D eigenvalue weighted by Gasteiger charge is -2.14. The van der Waals surface area contributed by atoms with Crippen molar-refractivity contribution in [2.24, 2.45) is 0 Å². The first-order valence-corrected chi connectivity index (χ1v) is 7.97. The Kier molecular flexibility index (Phi) is 8.81. The number of rotatable bonds is 9. The summed E-state index contributed by atoms with van der Waals surface area (Å²) in [6.45, 7) is 2.43. The number of hydrogen-bond donors (Lipinski definition) is 4. The van der Waals surface area contributed by atoms with E-state index in [1.807, 2.05) is 0 Å². The zero-order valence-electron chi connectivity index (χ0n) is 10.9. The molecule has 10 heteroatoms. The number of nitrogens with one attached hydrogen (secondary N) is 2. The van der Waals surface area contributed by atoms with Crippen LogP contribution in [0, 0.1) is 0 Å². The summed E-state index contributed by atoms with van der Waals surface area (Å²) in [5, 5.41) is 22.2. The molecule has 8 nitrogen and oxygen atoms in total. The molecule has 0 aliphatic heterocycles. The monoisotopic (exact) mass is 324 g/mol. The van der Waals surface area contributed by atoms with Gasteiger partial charge in [0.05, 0.1) is 0 Å². The van der Waals surface area contributed by atoms with Gasteiger partial charge >= 0.3 is 11.9 Å². The van der Waals surface area contributed by atoms with E-state index in [1.54, 1.807) is 0 Å². The quantitative estimate of drug-likeness (QED) is 0.331. The van der Waals surface area contributed by atoms with Gasteiger partial charge in [0.15, 0.2) is 0 Å². The highest BCUT2D eigenvalue weighted by Gasteiger charge is 2.21. The molecule has 0 saturated heterocycles. The molecule has 0 aliphatic carbocycles. The van der Waals surface area contributed by atoms with Crippen molar-refractivity contribution < 1.29 is 29.4 Å². The van der Waals surface area contributed by atoms with Gasteiger partial charge in [0.1, 0.15) is 12.1 Å². The predicted molar refractivity (Wildman–Crippen MR) is 75.4 cm³/mol. The Balaban J connectivity index is 4.13. The summed E-state index contributed by atoms with van der Waals surface area (Å²) >= 11 is 0. The zero-order valence-corrected chi connectivity index (χ0v) is 12.5. The molecule has 2 amide bonds. The van der Waals surface area contributed by atoms with Crippen LogP contribution in [0.4, 0.5) is 0 Å². The Bertz CT molecular complexity index is 354. The van der Waals surface area contributed by atoms with Gasteiger partial charge in [0.25, 0.3) is 0 Å². The summed E-state index contributed by atoms with van der Waals surface area (Å²) in [5.74, 6) is -3.05. The van der Waals surface area contributed by atoms with Crippen LogP contribution in [0.2, 0.25) is 0 Å².